The third kappa shape index (κ3) is 5.26. The number of halogens is 3. The summed E-state index contributed by atoms with van der Waals surface area (Å²) in [4.78, 5) is 26.1. The smallest absolute Gasteiger partial charge is 0.309 e. The quantitative estimate of drug-likeness (QED) is 0.313. The maximum absolute atomic E-state index is 14.8. The molecule has 0 spiro atoms. The number of rotatable bonds is 7. The van der Waals surface area contributed by atoms with E-state index in [0.717, 1.165) is 18.6 Å². The summed E-state index contributed by atoms with van der Waals surface area (Å²) in [6.45, 7) is 7.21. The molecule has 0 radical (unpaired) electrons. The fraction of sp³-hybridized carbons (Fsp3) is 0.556. The number of nitrogens with one attached hydrogen (secondary N) is 2. The third-order valence-corrected chi connectivity index (χ3v) is 8.73. The van der Waals surface area contributed by atoms with Gasteiger partial charge in [-0.1, -0.05) is 31.9 Å². The molecule has 2 fully saturated rings. The summed E-state index contributed by atoms with van der Waals surface area (Å²) < 4.78 is 35.9. The highest BCUT2D eigenvalue weighted by atomic mass is 35.5. The van der Waals surface area contributed by atoms with E-state index in [9.17, 15) is 18.7 Å². The number of ether oxygens (including phenoxy) is 1. The number of carbonyl (C=O) groups is 1. The van der Waals surface area contributed by atoms with Crippen LogP contribution in [0.15, 0.2) is 18.3 Å². The van der Waals surface area contributed by atoms with E-state index in [1.807, 2.05) is 11.5 Å². The van der Waals surface area contributed by atoms with Crippen molar-refractivity contribution in [1.82, 2.24) is 19.5 Å². The van der Waals surface area contributed by atoms with Crippen LogP contribution in [0.25, 0.3) is 11.2 Å². The molecular formula is C27H33ClF2N6O3. The van der Waals surface area contributed by atoms with E-state index in [0.29, 0.717) is 56.0 Å². The molecule has 3 heterocycles. The highest BCUT2D eigenvalue weighted by Crippen LogP contribution is 2.48. The van der Waals surface area contributed by atoms with Crippen LogP contribution in [0.2, 0.25) is 5.02 Å². The molecule has 39 heavy (non-hydrogen) atoms. The van der Waals surface area contributed by atoms with Crippen molar-refractivity contribution in [3.63, 3.8) is 0 Å². The lowest BCUT2D eigenvalue weighted by molar-refractivity contribution is -0.154. The standard InChI is InChI=1S/C27H33ClF2N6O3/c1-4-15-9-17(5-7-27(15,3)24(37)38)36-23-21(12-31-25(35-23)32-20-6-8-39-13-14(20)2)33-26(36)34-22-18(28)10-16(29)11-19(22)30/h10-12,14-15,17,20H,4-9,13H2,1-3H3,(H,33,34)(H,37,38)(H,31,32,35)/t14-,15?,17+,20-,27+/m1/s1. The van der Waals surface area contributed by atoms with Gasteiger partial charge in [-0.25, -0.2) is 18.7 Å². The van der Waals surface area contributed by atoms with Gasteiger partial charge < -0.3 is 20.5 Å². The first-order chi connectivity index (χ1) is 18.6. The number of hydrogen-bond donors (Lipinski definition) is 3. The number of nitrogens with zero attached hydrogens (tertiary/aromatic N) is 4. The zero-order valence-corrected chi connectivity index (χ0v) is 22.9. The van der Waals surface area contributed by atoms with E-state index < -0.39 is 23.0 Å². The lowest BCUT2D eigenvalue weighted by Crippen LogP contribution is -2.41. The van der Waals surface area contributed by atoms with E-state index in [1.165, 1.54) is 0 Å². The molecule has 2 aromatic heterocycles. The zero-order chi connectivity index (χ0) is 27.9. The van der Waals surface area contributed by atoms with Crippen LogP contribution in [-0.2, 0) is 9.53 Å². The molecule has 210 valence electrons. The minimum absolute atomic E-state index is 0.0901. The largest absolute Gasteiger partial charge is 0.481 e. The molecule has 1 saturated heterocycles. The Morgan fingerprint density at radius 2 is 2.10 bits per heavy atom. The molecule has 3 N–H and O–H groups in total. The maximum atomic E-state index is 14.8. The highest BCUT2D eigenvalue weighted by Gasteiger charge is 2.45. The first-order valence-electron chi connectivity index (χ1n) is 13.3. The van der Waals surface area contributed by atoms with Gasteiger partial charge in [0.1, 0.15) is 11.3 Å². The number of imidazole rings is 1. The summed E-state index contributed by atoms with van der Waals surface area (Å²) in [5.74, 6) is -1.53. The Morgan fingerprint density at radius 1 is 1.31 bits per heavy atom. The number of aromatic nitrogens is 4. The number of benzene rings is 1. The average molecular weight is 563 g/mol. The van der Waals surface area contributed by atoms with Gasteiger partial charge in [0, 0.05) is 24.8 Å². The maximum Gasteiger partial charge on any atom is 0.309 e. The normalized spacial score (nSPS) is 27.4. The minimum Gasteiger partial charge on any atom is -0.481 e. The van der Waals surface area contributed by atoms with Crippen molar-refractivity contribution in [2.24, 2.45) is 17.3 Å². The lowest BCUT2D eigenvalue weighted by Gasteiger charge is -2.41. The van der Waals surface area contributed by atoms with Gasteiger partial charge in [-0.15, -0.1) is 0 Å². The van der Waals surface area contributed by atoms with Gasteiger partial charge in [-0.3, -0.25) is 9.36 Å². The van der Waals surface area contributed by atoms with Crippen LogP contribution in [0.3, 0.4) is 0 Å². The van der Waals surface area contributed by atoms with E-state index >= 15 is 0 Å². The van der Waals surface area contributed by atoms with E-state index in [4.69, 9.17) is 21.3 Å². The number of aliphatic carboxylic acids is 1. The Hall–Kier alpha value is -3.05. The van der Waals surface area contributed by atoms with Gasteiger partial charge >= 0.3 is 5.97 Å². The van der Waals surface area contributed by atoms with Crippen molar-refractivity contribution in [3.8, 4) is 0 Å². The summed E-state index contributed by atoms with van der Waals surface area (Å²) in [5, 5.41) is 16.2. The van der Waals surface area contributed by atoms with Crippen LogP contribution >= 0.6 is 11.6 Å². The van der Waals surface area contributed by atoms with Gasteiger partial charge in [0.2, 0.25) is 11.9 Å². The van der Waals surface area contributed by atoms with Gasteiger partial charge in [-0.2, -0.15) is 4.98 Å². The van der Waals surface area contributed by atoms with Crippen LogP contribution in [0.5, 0.6) is 0 Å². The van der Waals surface area contributed by atoms with Crippen LogP contribution in [-0.4, -0.2) is 49.9 Å². The van der Waals surface area contributed by atoms with Crippen molar-refractivity contribution in [2.45, 2.75) is 65.0 Å². The number of hydrogen-bond acceptors (Lipinski definition) is 7. The number of anilines is 3. The van der Waals surface area contributed by atoms with Gasteiger partial charge in [-0.05, 0) is 50.5 Å². The number of carboxylic acid groups (broad SMARTS) is 1. The van der Waals surface area contributed by atoms with Crippen molar-refractivity contribution in [1.29, 1.82) is 0 Å². The molecule has 1 saturated carbocycles. The molecule has 2 aliphatic rings. The molecule has 12 heteroatoms. The fourth-order valence-corrected chi connectivity index (χ4v) is 6.18. The first-order valence-corrected chi connectivity index (χ1v) is 13.7. The summed E-state index contributed by atoms with van der Waals surface area (Å²) in [7, 11) is 0. The highest BCUT2D eigenvalue weighted by molar-refractivity contribution is 6.33. The van der Waals surface area contributed by atoms with E-state index in [2.05, 4.69) is 27.5 Å². The number of carboxylic acids is 1. The second-order valence-corrected chi connectivity index (χ2v) is 11.3. The van der Waals surface area contributed by atoms with Crippen LogP contribution in [0, 0.1) is 28.9 Å². The van der Waals surface area contributed by atoms with Gasteiger partial charge in [0.05, 0.1) is 28.9 Å². The van der Waals surface area contributed by atoms with Crippen molar-refractivity contribution in [3.05, 3.63) is 35.0 Å². The minimum atomic E-state index is -0.853. The Morgan fingerprint density at radius 3 is 2.79 bits per heavy atom. The monoisotopic (exact) mass is 562 g/mol. The molecule has 1 aliphatic carbocycles. The summed E-state index contributed by atoms with van der Waals surface area (Å²) in [5.41, 5.74) is 0.0753. The molecule has 0 bridgehead atoms. The molecule has 0 amide bonds. The molecule has 5 atom stereocenters. The second kappa shape index (κ2) is 10.8. The predicted molar refractivity (Wildman–Crippen MR) is 144 cm³/mol. The Labute approximate surface area is 230 Å². The van der Waals surface area contributed by atoms with Gasteiger partial charge in [0.15, 0.2) is 11.5 Å². The summed E-state index contributed by atoms with van der Waals surface area (Å²) in [6.07, 6.45) is 4.72. The molecular weight excluding hydrogens is 530 g/mol. The van der Waals surface area contributed by atoms with Crippen LogP contribution in [0.1, 0.15) is 58.9 Å². The Balaban J connectivity index is 1.57. The molecule has 1 aromatic carbocycles. The molecule has 1 aliphatic heterocycles. The van der Waals surface area contributed by atoms with Gasteiger partial charge in [0.25, 0.3) is 0 Å². The predicted octanol–water partition coefficient (Wildman–Crippen LogP) is 6.18. The SMILES string of the molecule is CCC1C[C@@H](n2c(Nc3c(F)cc(F)cc3Cl)nc3cnc(N[C@@H]4CCOC[C@H]4C)nc32)CC[C@]1(C)C(=O)O. The van der Waals surface area contributed by atoms with E-state index in [-0.39, 0.29) is 40.6 Å². The third-order valence-electron chi connectivity index (χ3n) is 8.43. The molecule has 3 aromatic rings. The average Bonchev–Trinajstić information content (AvgIpc) is 3.25. The zero-order valence-electron chi connectivity index (χ0n) is 22.2. The topological polar surface area (TPSA) is 114 Å². The van der Waals surface area contributed by atoms with Crippen LogP contribution in [0.4, 0.5) is 26.4 Å². The Kier molecular flexibility index (Phi) is 7.65. The number of fused-ring (bicyclic) bond motifs is 1. The summed E-state index contributed by atoms with van der Waals surface area (Å²) in [6, 6.07) is 1.77. The summed E-state index contributed by atoms with van der Waals surface area (Å²) >= 11 is 6.19. The Bertz CT molecular complexity index is 1360. The molecule has 1 unspecified atom stereocenters. The van der Waals surface area contributed by atoms with Crippen molar-refractivity contribution in [2.75, 3.05) is 23.8 Å². The molecule has 9 nitrogen and oxygen atoms in total. The van der Waals surface area contributed by atoms with E-state index in [1.54, 1.807) is 13.1 Å². The molecule has 5 rings (SSSR count). The second-order valence-electron chi connectivity index (χ2n) is 10.9. The lowest BCUT2D eigenvalue weighted by atomic mass is 9.65. The fourth-order valence-electron chi connectivity index (χ4n) is 5.94. The van der Waals surface area contributed by atoms with Crippen molar-refractivity contribution < 1.29 is 23.4 Å². The first kappa shape index (κ1) is 27.5. The van der Waals surface area contributed by atoms with Crippen molar-refractivity contribution >= 4 is 46.3 Å². The van der Waals surface area contributed by atoms with Crippen LogP contribution < -0.4 is 10.6 Å².